The highest BCUT2D eigenvalue weighted by Gasteiger charge is 2.38. The highest BCUT2D eigenvalue weighted by molar-refractivity contribution is 5.94. The van der Waals surface area contributed by atoms with E-state index in [9.17, 15) is 31.1 Å². The van der Waals surface area contributed by atoms with Gasteiger partial charge >= 0.3 is 12.4 Å². The van der Waals surface area contributed by atoms with Crippen molar-refractivity contribution in [3.05, 3.63) is 53.5 Å². The summed E-state index contributed by atoms with van der Waals surface area (Å²) in [7, 11) is 0. The molecule has 0 atom stereocenters. The van der Waals surface area contributed by atoms with E-state index in [1.165, 1.54) is 23.5 Å². The van der Waals surface area contributed by atoms with Gasteiger partial charge in [-0.05, 0) is 18.2 Å². The van der Waals surface area contributed by atoms with Crippen molar-refractivity contribution in [2.75, 3.05) is 13.1 Å². The molecule has 29 heavy (non-hydrogen) atoms. The van der Waals surface area contributed by atoms with Crippen molar-refractivity contribution in [3.63, 3.8) is 0 Å². The molecule has 1 saturated heterocycles. The first-order valence-electron chi connectivity index (χ1n) is 8.55. The maximum atomic E-state index is 13.0. The summed E-state index contributed by atoms with van der Waals surface area (Å²) in [5, 5.41) is 0. The fraction of sp³-hybridized carbons (Fsp3) is 0.389. The van der Waals surface area contributed by atoms with Crippen LogP contribution in [-0.2, 0) is 12.4 Å². The van der Waals surface area contributed by atoms with Crippen LogP contribution in [0.3, 0.4) is 0 Å². The molecule has 156 valence electrons. The molecular weight excluding hydrogens is 404 g/mol. The van der Waals surface area contributed by atoms with Gasteiger partial charge in [-0.3, -0.25) is 9.78 Å². The number of nitrogens with zero attached hydrogens (tertiary/aromatic N) is 3. The number of carbonyl (C=O) groups is 1. The van der Waals surface area contributed by atoms with Crippen molar-refractivity contribution in [1.82, 2.24) is 14.9 Å². The van der Waals surface area contributed by atoms with Crippen molar-refractivity contribution >= 4 is 5.91 Å². The predicted octanol–water partition coefficient (Wildman–Crippen LogP) is 4.20. The van der Waals surface area contributed by atoms with Gasteiger partial charge in [-0.25, -0.2) is 4.98 Å². The Morgan fingerprint density at radius 3 is 2.03 bits per heavy atom. The summed E-state index contributed by atoms with van der Waals surface area (Å²) in [6.45, 7) is 0.253. The first-order valence-corrected chi connectivity index (χ1v) is 8.55. The summed E-state index contributed by atoms with van der Waals surface area (Å²) in [5.74, 6) is -0.593. The van der Waals surface area contributed by atoms with Crippen LogP contribution in [0, 0.1) is 0 Å². The molecule has 0 radical (unpaired) electrons. The molecule has 3 rings (SSSR count). The molecule has 1 aromatic heterocycles. The highest BCUT2D eigenvalue weighted by Crippen LogP contribution is 2.36. The van der Waals surface area contributed by atoms with Gasteiger partial charge in [0.2, 0.25) is 5.88 Å². The Labute approximate surface area is 161 Å². The van der Waals surface area contributed by atoms with Crippen LogP contribution in [0.25, 0.3) is 0 Å². The molecule has 11 heteroatoms. The third-order valence-corrected chi connectivity index (χ3v) is 4.39. The van der Waals surface area contributed by atoms with E-state index < -0.39 is 35.0 Å². The number of hydrogen-bond donors (Lipinski definition) is 0. The zero-order chi connectivity index (χ0) is 21.2. The van der Waals surface area contributed by atoms with E-state index in [0.29, 0.717) is 30.9 Å². The lowest BCUT2D eigenvalue weighted by Crippen LogP contribution is -2.42. The van der Waals surface area contributed by atoms with E-state index in [-0.39, 0.29) is 25.3 Å². The van der Waals surface area contributed by atoms with Gasteiger partial charge in [0, 0.05) is 43.9 Å². The number of ether oxygens (including phenoxy) is 1. The molecule has 1 fully saturated rings. The van der Waals surface area contributed by atoms with Gasteiger partial charge < -0.3 is 9.64 Å². The second-order valence-corrected chi connectivity index (χ2v) is 6.45. The lowest BCUT2D eigenvalue weighted by molar-refractivity contribution is -0.143. The first-order chi connectivity index (χ1) is 13.5. The topological polar surface area (TPSA) is 55.3 Å². The second kappa shape index (κ2) is 7.88. The second-order valence-electron chi connectivity index (χ2n) is 6.45. The van der Waals surface area contributed by atoms with Crippen LogP contribution in [0.2, 0.25) is 0 Å². The van der Waals surface area contributed by atoms with Crippen molar-refractivity contribution in [1.29, 1.82) is 0 Å². The van der Waals surface area contributed by atoms with Crippen molar-refractivity contribution in [2.45, 2.75) is 31.3 Å². The Morgan fingerprint density at radius 1 is 0.966 bits per heavy atom. The minimum Gasteiger partial charge on any atom is -0.473 e. The van der Waals surface area contributed by atoms with E-state index in [1.807, 2.05) is 0 Å². The fourth-order valence-electron chi connectivity index (χ4n) is 2.95. The normalized spacial score (nSPS) is 16.0. The summed E-state index contributed by atoms with van der Waals surface area (Å²) in [6.07, 6.45) is -5.26. The van der Waals surface area contributed by atoms with Crippen LogP contribution >= 0.6 is 0 Å². The van der Waals surface area contributed by atoms with Crippen molar-refractivity contribution in [3.8, 4) is 5.88 Å². The summed E-state index contributed by atoms with van der Waals surface area (Å²) in [6, 6.07) is 0.886. The van der Waals surface area contributed by atoms with Crippen LogP contribution < -0.4 is 4.74 Å². The van der Waals surface area contributed by atoms with Gasteiger partial charge in [0.05, 0.1) is 17.3 Å². The molecule has 0 bridgehead atoms. The lowest BCUT2D eigenvalue weighted by atomic mass is 10.0. The summed E-state index contributed by atoms with van der Waals surface area (Å²) < 4.78 is 83.5. The van der Waals surface area contributed by atoms with Gasteiger partial charge in [0.25, 0.3) is 5.91 Å². The number of piperidine rings is 1. The molecular formula is C18H15F6N3O2. The number of benzene rings is 1. The van der Waals surface area contributed by atoms with E-state index >= 15 is 0 Å². The number of hydrogen-bond acceptors (Lipinski definition) is 4. The molecule has 2 heterocycles. The molecule has 0 spiro atoms. The molecule has 1 aliphatic heterocycles. The van der Waals surface area contributed by atoms with Crippen LogP contribution in [0.4, 0.5) is 26.3 Å². The fourth-order valence-corrected chi connectivity index (χ4v) is 2.95. The van der Waals surface area contributed by atoms with Gasteiger partial charge in [0.1, 0.15) is 6.10 Å². The monoisotopic (exact) mass is 419 g/mol. The Hall–Kier alpha value is -2.85. The average molecular weight is 419 g/mol. The zero-order valence-electron chi connectivity index (χ0n) is 14.8. The highest BCUT2D eigenvalue weighted by atomic mass is 19.4. The average Bonchev–Trinajstić information content (AvgIpc) is 2.67. The molecule has 0 saturated carbocycles. The molecule has 1 amide bonds. The molecule has 0 aliphatic carbocycles. The van der Waals surface area contributed by atoms with E-state index in [0.717, 1.165) is 0 Å². The number of halogens is 6. The van der Waals surface area contributed by atoms with E-state index in [1.54, 1.807) is 0 Å². The van der Waals surface area contributed by atoms with Crippen molar-refractivity contribution in [2.24, 2.45) is 0 Å². The van der Waals surface area contributed by atoms with E-state index in [4.69, 9.17) is 4.74 Å². The molecule has 5 nitrogen and oxygen atoms in total. The van der Waals surface area contributed by atoms with Gasteiger partial charge in [0.15, 0.2) is 0 Å². The molecule has 0 N–H and O–H groups in total. The zero-order valence-corrected chi connectivity index (χ0v) is 14.8. The van der Waals surface area contributed by atoms with Crippen LogP contribution in [0.1, 0.15) is 34.3 Å². The molecule has 0 unspecified atom stereocenters. The van der Waals surface area contributed by atoms with Crippen LogP contribution in [0.15, 0.2) is 36.8 Å². The first kappa shape index (κ1) is 20.9. The van der Waals surface area contributed by atoms with Gasteiger partial charge in [-0.1, -0.05) is 0 Å². The predicted molar refractivity (Wildman–Crippen MR) is 88.0 cm³/mol. The van der Waals surface area contributed by atoms with Crippen LogP contribution in [-0.4, -0.2) is 40.0 Å². The van der Waals surface area contributed by atoms with Gasteiger partial charge in [-0.15, -0.1) is 0 Å². The number of rotatable bonds is 3. The standard InChI is InChI=1S/C18H15F6N3O2/c19-17(20,21)12-7-11(8-13(9-12)18(22,23)24)16(28)27-5-1-14(2-6-27)29-15-10-25-3-4-26-15/h3-4,7-10,14H,1-2,5-6H2. The number of likely N-dealkylation sites (tertiary alicyclic amines) is 1. The molecule has 1 aliphatic rings. The maximum absolute atomic E-state index is 13.0. The Kier molecular flexibility index (Phi) is 5.67. The number of carbonyl (C=O) groups excluding carboxylic acids is 1. The molecule has 2 aromatic rings. The SMILES string of the molecule is O=C(c1cc(C(F)(F)F)cc(C(F)(F)F)c1)N1CCC(Oc2cnccn2)CC1. The minimum atomic E-state index is -5.01. The number of alkyl halides is 6. The van der Waals surface area contributed by atoms with Gasteiger partial charge in [-0.2, -0.15) is 26.3 Å². The summed E-state index contributed by atoms with van der Waals surface area (Å²) in [5.41, 5.74) is -3.69. The number of aromatic nitrogens is 2. The summed E-state index contributed by atoms with van der Waals surface area (Å²) >= 11 is 0. The Bertz CT molecular complexity index is 830. The Morgan fingerprint density at radius 2 is 1.55 bits per heavy atom. The quantitative estimate of drug-likeness (QED) is 0.700. The number of amides is 1. The Balaban J connectivity index is 1.73. The largest absolute Gasteiger partial charge is 0.473 e. The summed E-state index contributed by atoms with van der Waals surface area (Å²) in [4.78, 5) is 21.6. The third-order valence-electron chi connectivity index (χ3n) is 4.39. The minimum absolute atomic E-state index is 0.00223. The maximum Gasteiger partial charge on any atom is 0.416 e. The smallest absolute Gasteiger partial charge is 0.416 e. The van der Waals surface area contributed by atoms with Crippen molar-refractivity contribution < 1.29 is 35.9 Å². The van der Waals surface area contributed by atoms with Crippen LogP contribution in [0.5, 0.6) is 5.88 Å². The third kappa shape index (κ3) is 5.15. The molecule has 1 aromatic carbocycles. The van der Waals surface area contributed by atoms with E-state index in [2.05, 4.69) is 9.97 Å². The lowest BCUT2D eigenvalue weighted by Gasteiger charge is -2.32.